The third-order valence-electron chi connectivity index (χ3n) is 7.43. The third-order valence-corrected chi connectivity index (χ3v) is 7.43. The van der Waals surface area contributed by atoms with Crippen molar-refractivity contribution in [2.45, 2.75) is 25.3 Å². The quantitative estimate of drug-likeness (QED) is 0.338. The standard InChI is InChI=1S/C30H31N3O3/c1-20(24-13-7-11-21-10-5-6-12-25(21)24)31-17-23-14-15-33(19-27(23)22-8-3-2-4-9-22)29-16-28(34)26(18-32-29)30(35)36/h2-13,16,18,20,23,27,31H,14-15,17,19H2,1H3,(H,32,34)(H,35,36). The van der Waals surface area contributed by atoms with Crippen LogP contribution in [0.15, 0.2) is 89.9 Å². The summed E-state index contributed by atoms with van der Waals surface area (Å²) in [5.74, 6) is 0.150. The number of hydrogen-bond acceptors (Lipinski definition) is 4. The van der Waals surface area contributed by atoms with Gasteiger partial charge in [-0.3, -0.25) is 4.79 Å². The van der Waals surface area contributed by atoms with Gasteiger partial charge in [0.15, 0.2) is 5.43 Å². The Labute approximate surface area is 210 Å². The molecule has 6 nitrogen and oxygen atoms in total. The van der Waals surface area contributed by atoms with Crippen LogP contribution in [0.4, 0.5) is 5.82 Å². The Morgan fingerprint density at radius 3 is 2.61 bits per heavy atom. The molecule has 1 saturated heterocycles. The van der Waals surface area contributed by atoms with Gasteiger partial charge in [0.05, 0.1) is 0 Å². The Morgan fingerprint density at radius 2 is 1.83 bits per heavy atom. The van der Waals surface area contributed by atoms with Crippen molar-refractivity contribution in [3.8, 4) is 0 Å². The molecule has 0 radical (unpaired) electrons. The number of nitrogens with one attached hydrogen (secondary N) is 2. The van der Waals surface area contributed by atoms with E-state index >= 15 is 0 Å². The predicted molar refractivity (Wildman–Crippen MR) is 144 cm³/mol. The molecule has 0 saturated carbocycles. The lowest BCUT2D eigenvalue weighted by Gasteiger charge is -2.40. The van der Waals surface area contributed by atoms with Crippen LogP contribution in [0.2, 0.25) is 0 Å². The highest BCUT2D eigenvalue weighted by Gasteiger charge is 2.31. The Morgan fingerprint density at radius 1 is 1.08 bits per heavy atom. The first-order valence-electron chi connectivity index (χ1n) is 12.5. The molecule has 1 aromatic heterocycles. The second kappa shape index (κ2) is 10.4. The number of nitrogens with zero attached hydrogens (tertiary/aromatic N) is 1. The van der Waals surface area contributed by atoms with Crippen molar-refractivity contribution in [3.05, 3.63) is 112 Å². The molecule has 0 bridgehead atoms. The number of anilines is 1. The molecule has 3 atom stereocenters. The van der Waals surface area contributed by atoms with E-state index in [-0.39, 0.29) is 17.5 Å². The van der Waals surface area contributed by atoms with Crippen LogP contribution in [0.25, 0.3) is 10.8 Å². The fraction of sp³-hybridized carbons (Fsp3) is 0.267. The van der Waals surface area contributed by atoms with Crippen molar-refractivity contribution >= 4 is 22.6 Å². The molecular formula is C30H31N3O3. The van der Waals surface area contributed by atoms with Gasteiger partial charge in [0.2, 0.25) is 0 Å². The summed E-state index contributed by atoms with van der Waals surface area (Å²) < 4.78 is 0. The number of fused-ring (bicyclic) bond motifs is 1. The number of benzene rings is 3. The molecule has 0 aliphatic carbocycles. The summed E-state index contributed by atoms with van der Waals surface area (Å²) in [6.07, 6.45) is 2.26. The first-order chi connectivity index (χ1) is 17.5. The van der Waals surface area contributed by atoms with E-state index in [9.17, 15) is 14.7 Å². The number of carbonyl (C=O) groups is 1. The number of rotatable bonds is 7. The highest BCUT2D eigenvalue weighted by molar-refractivity contribution is 5.87. The number of H-pyrrole nitrogens is 1. The molecule has 0 amide bonds. The zero-order chi connectivity index (χ0) is 25.1. The van der Waals surface area contributed by atoms with Gasteiger partial charge in [-0.2, -0.15) is 0 Å². The largest absolute Gasteiger partial charge is 0.477 e. The van der Waals surface area contributed by atoms with E-state index in [2.05, 4.69) is 88.9 Å². The van der Waals surface area contributed by atoms with Gasteiger partial charge in [-0.25, -0.2) is 4.79 Å². The minimum absolute atomic E-state index is 0.213. The van der Waals surface area contributed by atoms with Gasteiger partial charge in [-0.15, -0.1) is 0 Å². The summed E-state index contributed by atoms with van der Waals surface area (Å²) in [5.41, 5.74) is 1.87. The summed E-state index contributed by atoms with van der Waals surface area (Å²) in [6, 6.07) is 27.1. The van der Waals surface area contributed by atoms with Gasteiger partial charge in [0, 0.05) is 37.3 Å². The van der Waals surface area contributed by atoms with Crippen LogP contribution in [0, 0.1) is 5.92 Å². The minimum atomic E-state index is -1.21. The molecule has 3 aromatic carbocycles. The number of aromatic carboxylic acids is 1. The highest BCUT2D eigenvalue weighted by Crippen LogP contribution is 2.34. The van der Waals surface area contributed by atoms with Crippen molar-refractivity contribution in [2.75, 3.05) is 24.5 Å². The lowest BCUT2D eigenvalue weighted by molar-refractivity contribution is 0.0695. The van der Waals surface area contributed by atoms with E-state index in [0.717, 1.165) is 26.1 Å². The maximum atomic E-state index is 12.3. The normalized spacial score (nSPS) is 18.8. The van der Waals surface area contributed by atoms with E-state index in [0.29, 0.717) is 11.7 Å². The van der Waals surface area contributed by atoms with E-state index in [4.69, 9.17) is 0 Å². The lowest BCUT2D eigenvalue weighted by Crippen LogP contribution is -2.43. The predicted octanol–water partition coefficient (Wildman–Crippen LogP) is 5.19. The van der Waals surface area contributed by atoms with Crippen LogP contribution < -0.4 is 15.6 Å². The van der Waals surface area contributed by atoms with Crippen LogP contribution in [0.3, 0.4) is 0 Å². The third kappa shape index (κ3) is 4.90. The zero-order valence-electron chi connectivity index (χ0n) is 20.4. The van der Waals surface area contributed by atoms with Crippen molar-refractivity contribution in [2.24, 2.45) is 5.92 Å². The topological polar surface area (TPSA) is 85.4 Å². The van der Waals surface area contributed by atoms with Crippen molar-refractivity contribution in [3.63, 3.8) is 0 Å². The summed E-state index contributed by atoms with van der Waals surface area (Å²) in [5, 5.41) is 15.5. The smallest absolute Gasteiger partial charge is 0.341 e. The molecule has 0 spiro atoms. The number of carboxylic acid groups (broad SMARTS) is 1. The highest BCUT2D eigenvalue weighted by atomic mass is 16.4. The SMILES string of the molecule is CC(NCC1CCN(c2cc(=O)c(C(=O)O)c[nH]2)CC1c1ccccc1)c1cccc2ccccc12. The fourth-order valence-corrected chi connectivity index (χ4v) is 5.42. The Kier molecular flexibility index (Phi) is 6.87. The number of carboxylic acids is 1. The Balaban J connectivity index is 1.35. The van der Waals surface area contributed by atoms with Gasteiger partial charge in [0.25, 0.3) is 0 Å². The molecule has 3 unspecified atom stereocenters. The van der Waals surface area contributed by atoms with Gasteiger partial charge in [-0.05, 0) is 47.7 Å². The molecule has 5 rings (SSSR count). The maximum absolute atomic E-state index is 12.3. The summed E-state index contributed by atoms with van der Waals surface area (Å²) >= 11 is 0. The molecule has 1 fully saturated rings. The molecule has 2 heterocycles. The number of pyridine rings is 1. The monoisotopic (exact) mass is 481 g/mol. The first kappa shape index (κ1) is 23.8. The van der Waals surface area contributed by atoms with E-state index in [1.165, 1.54) is 34.2 Å². The lowest BCUT2D eigenvalue weighted by atomic mass is 9.80. The van der Waals surface area contributed by atoms with Crippen molar-refractivity contribution in [1.29, 1.82) is 0 Å². The molecule has 184 valence electrons. The zero-order valence-corrected chi connectivity index (χ0v) is 20.4. The van der Waals surface area contributed by atoms with Crippen LogP contribution in [0.1, 0.15) is 46.8 Å². The summed E-state index contributed by atoms with van der Waals surface area (Å²) in [6.45, 7) is 4.65. The van der Waals surface area contributed by atoms with Gasteiger partial charge in [-0.1, -0.05) is 72.8 Å². The Bertz CT molecular complexity index is 1410. The fourth-order valence-electron chi connectivity index (χ4n) is 5.42. The van der Waals surface area contributed by atoms with Crippen molar-refractivity contribution in [1.82, 2.24) is 10.3 Å². The molecule has 6 heteroatoms. The second-order valence-corrected chi connectivity index (χ2v) is 9.61. The molecule has 3 N–H and O–H groups in total. The number of aromatic nitrogens is 1. The summed E-state index contributed by atoms with van der Waals surface area (Å²) in [4.78, 5) is 28.8. The van der Waals surface area contributed by atoms with Crippen molar-refractivity contribution < 1.29 is 9.90 Å². The first-order valence-corrected chi connectivity index (χ1v) is 12.5. The van der Waals surface area contributed by atoms with Gasteiger partial charge < -0.3 is 20.3 Å². The molecule has 36 heavy (non-hydrogen) atoms. The van der Waals surface area contributed by atoms with E-state index in [1.807, 2.05) is 6.07 Å². The molecular weight excluding hydrogens is 450 g/mol. The number of hydrogen-bond donors (Lipinski definition) is 3. The summed E-state index contributed by atoms with van der Waals surface area (Å²) in [7, 11) is 0. The second-order valence-electron chi connectivity index (χ2n) is 9.61. The average molecular weight is 482 g/mol. The van der Waals surface area contributed by atoms with Crippen LogP contribution in [-0.4, -0.2) is 35.7 Å². The van der Waals surface area contributed by atoms with E-state index < -0.39 is 11.4 Å². The Hall–Kier alpha value is -3.90. The maximum Gasteiger partial charge on any atom is 0.341 e. The van der Waals surface area contributed by atoms with E-state index in [1.54, 1.807) is 0 Å². The van der Waals surface area contributed by atoms with Gasteiger partial charge >= 0.3 is 5.97 Å². The molecule has 1 aliphatic rings. The van der Waals surface area contributed by atoms with Crippen LogP contribution in [0.5, 0.6) is 0 Å². The molecule has 1 aliphatic heterocycles. The number of piperidine rings is 1. The number of aromatic amines is 1. The minimum Gasteiger partial charge on any atom is -0.477 e. The van der Waals surface area contributed by atoms with Crippen LogP contribution in [-0.2, 0) is 0 Å². The van der Waals surface area contributed by atoms with Gasteiger partial charge in [0.1, 0.15) is 11.4 Å². The molecule has 4 aromatic rings. The van der Waals surface area contributed by atoms with Crippen LogP contribution >= 0.6 is 0 Å². The average Bonchev–Trinajstić information content (AvgIpc) is 2.91.